The molecule has 2 rings (SSSR count). The summed E-state index contributed by atoms with van der Waals surface area (Å²) in [5, 5.41) is 0.706. The molecule has 0 fully saturated rings. The molecule has 0 bridgehead atoms. The summed E-state index contributed by atoms with van der Waals surface area (Å²) >= 11 is 1.37. The predicted molar refractivity (Wildman–Crippen MR) is 62.7 cm³/mol. The summed E-state index contributed by atoms with van der Waals surface area (Å²) in [6, 6.07) is 7.42. The van der Waals surface area contributed by atoms with E-state index in [2.05, 4.69) is 4.74 Å². The minimum Gasteiger partial charge on any atom is -0.469 e. The van der Waals surface area contributed by atoms with Crippen molar-refractivity contribution in [2.24, 2.45) is 0 Å². The number of carbonyl (C=O) groups excluding carboxylic acids is 1. The van der Waals surface area contributed by atoms with Crippen LogP contribution in [0.25, 0.3) is 10.1 Å². The van der Waals surface area contributed by atoms with Gasteiger partial charge in [-0.05, 0) is 12.1 Å². The lowest BCUT2D eigenvalue weighted by atomic mass is 10.3. The van der Waals surface area contributed by atoms with E-state index in [1.54, 1.807) is 10.0 Å². The second-order valence-corrected chi connectivity index (χ2v) is 4.38. The summed E-state index contributed by atoms with van der Waals surface area (Å²) in [6.45, 7) is 0.380. The van der Waals surface area contributed by atoms with E-state index in [1.165, 1.54) is 18.6 Å². The second-order valence-electron chi connectivity index (χ2n) is 3.32. The van der Waals surface area contributed by atoms with Gasteiger partial charge in [0.2, 0.25) is 0 Å². The van der Waals surface area contributed by atoms with Crippen LogP contribution in [0.3, 0.4) is 0 Å². The maximum absolute atomic E-state index is 11.9. The predicted octanol–water partition coefficient (Wildman–Crippen LogP) is 1.63. The van der Waals surface area contributed by atoms with Crippen LogP contribution in [0.5, 0.6) is 0 Å². The Balaban J connectivity index is 2.28. The number of hydrogen-bond acceptors (Lipinski definition) is 4. The standard InChI is InChI=1S/C11H11NO3S/c1-15-10(13)6-7-12-11(14)8-4-2-3-5-9(8)16-12/h2-5H,6-7H2,1H3. The largest absolute Gasteiger partial charge is 0.469 e. The van der Waals surface area contributed by atoms with E-state index in [4.69, 9.17) is 0 Å². The monoisotopic (exact) mass is 237 g/mol. The molecular formula is C11H11NO3S. The zero-order valence-electron chi connectivity index (χ0n) is 8.80. The lowest BCUT2D eigenvalue weighted by molar-refractivity contribution is -0.140. The van der Waals surface area contributed by atoms with Gasteiger partial charge in [-0.2, -0.15) is 0 Å². The van der Waals surface area contributed by atoms with Gasteiger partial charge in [0.25, 0.3) is 5.56 Å². The molecule has 1 heterocycles. The molecule has 0 saturated heterocycles. The van der Waals surface area contributed by atoms with Gasteiger partial charge in [-0.15, -0.1) is 0 Å². The number of rotatable bonds is 3. The average Bonchev–Trinajstić information content (AvgIpc) is 2.64. The van der Waals surface area contributed by atoms with Crippen LogP contribution in [0.15, 0.2) is 29.1 Å². The van der Waals surface area contributed by atoms with Gasteiger partial charge in [0.05, 0.1) is 23.6 Å². The highest BCUT2D eigenvalue weighted by Crippen LogP contribution is 2.15. The third kappa shape index (κ3) is 1.99. The Morgan fingerprint density at radius 1 is 1.44 bits per heavy atom. The first-order valence-electron chi connectivity index (χ1n) is 4.88. The van der Waals surface area contributed by atoms with Gasteiger partial charge in [0.1, 0.15) is 0 Å². The van der Waals surface area contributed by atoms with E-state index in [1.807, 2.05) is 18.2 Å². The van der Waals surface area contributed by atoms with Crippen LogP contribution >= 0.6 is 11.5 Å². The molecule has 0 aliphatic heterocycles. The van der Waals surface area contributed by atoms with Crippen molar-refractivity contribution < 1.29 is 9.53 Å². The van der Waals surface area contributed by atoms with E-state index in [0.717, 1.165) is 4.70 Å². The topological polar surface area (TPSA) is 48.3 Å². The van der Waals surface area contributed by atoms with Crippen molar-refractivity contribution >= 4 is 27.6 Å². The maximum Gasteiger partial charge on any atom is 0.307 e. The number of fused-ring (bicyclic) bond motifs is 1. The van der Waals surface area contributed by atoms with E-state index >= 15 is 0 Å². The zero-order valence-corrected chi connectivity index (χ0v) is 9.62. The highest BCUT2D eigenvalue weighted by Gasteiger charge is 2.08. The van der Waals surface area contributed by atoms with Crippen molar-refractivity contribution in [3.8, 4) is 0 Å². The molecule has 0 saturated carbocycles. The fourth-order valence-corrected chi connectivity index (χ4v) is 2.45. The first-order chi connectivity index (χ1) is 7.72. The third-order valence-corrected chi connectivity index (χ3v) is 3.42. The smallest absolute Gasteiger partial charge is 0.307 e. The molecule has 2 aromatic rings. The number of methoxy groups -OCH3 is 1. The molecule has 1 aromatic carbocycles. The van der Waals surface area contributed by atoms with Gasteiger partial charge in [0.15, 0.2) is 0 Å². The van der Waals surface area contributed by atoms with Crippen LogP contribution < -0.4 is 5.56 Å². The van der Waals surface area contributed by atoms with Crippen LogP contribution in [0.2, 0.25) is 0 Å². The molecule has 0 amide bonds. The summed E-state index contributed by atoms with van der Waals surface area (Å²) in [4.78, 5) is 22.8. The number of aromatic nitrogens is 1. The van der Waals surface area contributed by atoms with Crippen molar-refractivity contribution in [2.45, 2.75) is 13.0 Å². The SMILES string of the molecule is COC(=O)CCn1sc2ccccc2c1=O. The van der Waals surface area contributed by atoms with Gasteiger partial charge in [0, 0.05) is 6.54 Å². The Kier molecular flexibility index (Phi) is 3.05. The molecule has 0 N–H and O–H groups in total. The van der Waals surface area contributed by atoms with Crippen LogP contribution in [-0.2, 0) is 16.1 Å². The number of esters is 1. The lowest BCUT2D eigenvalue weighted by Crippen LogP contribution is -2.15. The van der Waals surface area contributed by atoms with Gasteiger partial charge in [-0.25, -0.2) is 0 Å². The molecular weight excluding hydrogens is 226 g/mol. The Labute approximate surface area is 96.2 Å². The molecule has 0 aliphatic rings. The number of nitrogens with zero attached hydrogens (tertiary/aromatic N) is 1. The van der Waals surface area contributed by atoms with Crippen molar-refractivity contribution in [2.75, 3.05) is 7.11 Å². The molecule has 0 spiro atoms. The third-order valence-electron chi connectivity index (χ3n) is 2.30. The quantitative estimate of drug-likeness (QED) is 0.762. The molecule has 16 heavy (non-hydrogen) atoms. The minimum absolute atomic E-state index is 0.0375. The van der Waals surface area contributed by atoms with Gasteiger partial charge in [-0.1, -0.05) is 23.7 Å². The van der Waals surface area contributed by atoms with E-state index in [-0.39, 0.29) is 17.9 Å². The first-order valence-corrected chi connectivity index (χ1v) is 5.65. The Bertz CT molecular complexity index is 570. The van der Waals surface area contributed by atoms with Crippen molar-refractivity contribution in [3.63, 3.8) is 0 Å². The second kappa shape index (κ2) is 4.49. The van der Waals surface area contributed by atoms with Crippen LogP contribution in [-0.4, -0.2) is 17.0 Å². The Morgan fingerprint density at radius 2 is 2.19 bits per heavy atom. The van der Waals surface area contributed by atoms with E-state index in [0.29, 0.717) is 11.9 Å². The van der Waals surface area contributed by atoms with Crippen LogP contribution in [0, 0.1) is 0 Å². The number of hydrogen-bond donors (Lipinski definition) is 0. The fourth-order valence-electron chi connectivity index (χ4n) is 1.46. The van der Waals surface area contributed by atoms with Gasteiger partial charge in [-0.3, -0.25) is 13.5 Å². The molecule has 0 atom stereocenters. The van der Waals surface area contributed by atoms with Gasteiger partial charge < -0.3 is 4.74 Å². The highest BCUT2D eigenvalue weighted by atomic mass is 32.1. The van der Waals surface area contributed by atoms with Gasteiger partial charge >= 0.3 is 5.97 Å². The molecule has 0 aliphatic carbocycles. The summed E-state index contributed by atoms with van der Waals surface area (Å²) in [5.74, 6) is -0.302. The van der Waals surface area contributed by atoms with Crippen molar-refractivity contribution in [3.05, 3.63) is 34.6 Å². The number of benzene rings is 1. The normalized spacial score (nSPS) is 10.6. The fraction of sp³-hybridized carbons (Fsp3) is 0.273. The molecule has 5 heteroatoms. The number of ether oxygens (including phenoxy) is 1. The Hall–Kier alpha value is -1.62. The minimum atomic E-state index is -0.302. The van der Waals surface area contributed by atoms with Crippen LogP contribution in [0.1, 0.15) is 6.42 Å². The summed E-state index contributed by atoms with van der Waals surface area (Å²) in [7, 11) is 1.34. The van der Waals surface area contributed by atoms with E-state index in [9.17, 15) is 9.59 Å². The summed E-state index contributed by atoms with van der Waals surface area (Å²) in [6.07, 6.45) is 0.225. The molecule has 1 aromatic heterocycles. The lowest BCUT2D eigenvalue weighted by Gasteiger charge is -1.98. The summed E-state index contributed by atoms with van der Waals surface area (Å²) < 4.78 is 7.06. The van der Waals surface area contributed by atoms with E-state index < -0.39 is 0 Å². The maximum atomic E-state index is 11.9. The van der Waals surface area contributed by atoms with Crippen molar-refractivity contribution in [1.29, 1.82) is 0 Å². The molecule has 4 nitrogen and oxygen atoms in total. The van der Waals surface area contributed by atoms with Crippen LogP contribution in [0.4, 0.5) is 0 Å². The average molecular weight is 237 g/mol. The Morgan fingerprint density at radius 3 is 2.88 bits per heavy atom. The number of aryl methyl sites for hydroxylation is 1. The first kappa shape index (κ1) is 10.9. The summed E-state index contributed by atoms with van der Waals surface area (Å²) in [5.41, 5.74) is -0.0375. The zero-order chi connectivity index (χ0) is 11.5. The molecule has 84 valence electrons. The molecule has 0 unspecified atom stereocenters. The number of carbonyl (C=O) groups is 1. The highest BCUT2D eigenvalue weighted by molar-refractivity contribution is 7.13. The molecule has 0 radical (unpaired) electrons. The van der Waals surface area contributed by atoms with Crippen molar-refractivity contribution in [1.82, 2.24) is 3.96 Å².